The summed E-state index contributed by atoms with van der Waals surface area (Å²) in [5.41, 5.74) is 8.59. The van der Waals surface area contributed by atoms with Crippen LogP contribution >= 0.6 is 23.2 Å². The maximum atomic E-state index is 12.4. The fraction of sp³-hybridized carbons (Fsp3) is 0.158. The highest BCUT2D eigenvalue weighted by atomic mass is 35.5. The van der Waals surface area contributed by atoms with E-state index in [2.05, 4.69) is 10.5 Å². The SMILES string of the molecule is Cc1noc(C)c1COc1ccc(C(=O)Nc2cc(Cl)c(N)c(Cl)c2)cc1. The van der Waals surface area contributed by atoms with Gasteiger partial charge in [0.05, 0.1) is 27.0 Å². The fourth-order valence-electron chi connectivity index (χ4n) is 2.43. The lowest BCUT2D eigenvalue weighted by Crippen LogP contribution is -2.12. The van der Waals surface area contributed by atoms with Gasteiger partial charge in [-0.05, 0) is 50.2 Å². The highest BCUT2D eigenvalue weighted by molar-refractivity contribution is 6.39. The summed E-state index contributed by atoms with van der Waals surface area (Å²) in [6.07, 6.45) is 0. The number of nitrogens with two attached hydrogens (primary N) is 1. The van der Waals surface area contributed by atoms with Gasteiger partial charge < -0.3 is 20.3 Å². The van der Waals surface area contributed by atoms with Crippen LogP contribution in [0.4, 0.5) is 11.4 Å². The van der Waals surface area contributed by atoms with Crippen molar-refractivity contribution in [3.05, 3.63) is 69.0 Å². The van der Waals surface area contributed by atoms with Gasteiger partial charge in [-0.15, -0.1) is 0 Å². The number of ether oxygens (including phenoxy) is 1. The molecular formula is C19H17Cl2N3O3. The van der Waals surface area contributed by atoms with Crippen LogP contribution in [0.15, 0.2) is 40.9 Å². The third-order valence-corrected chi connectivity index (χ3v) is 4.64. The molecule has 140 valence electrons. The van der Waals surface area contributed by atoms with Crippen molar-refractivity contribution in [2.45, 2.75) is 20.5 Å². The van der Waals surface area contributed by atoms with Crippen molar-refractivity contribution in [3.8, 4) is 5.75 Å². The molecule has 0 fully saturated rings. The Hall–Kier alpha value is -2.70. The minimum Gasteiger partial charge on any atom is -0.489 e. The van der Waals surface area contributed by atoms with Crippen molar-refractivity contribution in [3.63, 3.8) is 0 Å². The van der Waals surface area contributed by atoms with Gasteiger partial charge in [0.2, 0.25) is 0 Å². The maximum Gasteiger partial charge on any atom is 0.255 e. The van der Waals surface area contributed by atoms with Crippen LogP contribution in [0.3, 0.4) is 0 Å². The molecular weight excluding hydrogens is 389 g/mol. The molecule has 1 amide bonds. The smallest absolute Gasteiger partial charge is 0.255 e. The molecule has 6 nitrogen and oxygen atoms in total. The number of hydrogen-bond acceptors (Lipinski definition) is 5. The number of carbonyl (C=O) groups is 1. The minimum atomic E-state index is -0.302. The summed E-state index contributed by atoms with van der Waals surface area (Å²) < 4.78 is 10.8. The number of nitrogens with one attached hydrogen (secondary N) is 1. The lowest BCUT2D eigenvalue weighted by Gasteiger charge is -2.09. The number of amides is 1. The van der Waals surface area contributed by atoms with Crippen LogP contribution in [0.25, 0.3) is 0 Å². The molecule has 3 rings (SSSR count). The Bertz CT molecular complexity index is 942. The van der Waals surface area contributed by atoms with Crippen LogP contribution < -0.4 is 15.8 Å². The average molecular weight is 406 g/mol. The Balaban J connectivity index is 1.65. The number of aryl methyl sites for hydroxylation is 2. The number of nitrogens with zero attached hydrogens (tertiary/aromatic N) is 1. The zero-order valence-electron chi connectivity index (χ0n) is 14.7. The fourth-order valence-corrected chi connectivity index (χ4v) is 2.91. The van der Waals surface area contributed by atoms with Crippen LogP contribution in [0.2, 0.25) is 10.0 Å². The zero-order chi connectivity index (χ0) is 19.6. The monoisotopic (exact) mass is 405 g/mol. The van der Waals surface area contributed by atoms with E-state index in [0.717, 1.165) is 17.0 Å². The summed E-state index contributed by atoms with van der Waals surface area (Å²) >= 11 is 12.0. The maximum absolute atomic E-state index is 12.4. The molecule has 0 radical (unpaired) electrons. The predicted octanol–water partition coefficient (Wildman–Crippen LogP) is 5.01. The number of carbonyl (C=O) groups excluding carboxylic acids is 1. The van der Waals surface area contributed by atoms with Gasteiger partial charge in [-0.2, -0.15) is 0 Å². The molecule has 0 saturated heterocycles. The van der Waals surface area contributed by atoms with Gasteiger partial charge in [0.1, 0.15) is 18.1 Å². The largest absolute Gasteiger partial charge is 0.489 e. The van der Waals surface area contributed by atoms with Gasteiger partial charge in [-0.1, -0.05) is 28.4 Å². The molecule has 0 saturated carbocycles. The van der Waals surface area contributed by atoms with Crippen LogP contribution in [0.5, 0.6) is 5.75 Å². The quantitative estimate of drug-likeness (QED) is 0.582. The number of aromatic nitrogens is 1. The molecule has 3 N–H and O–H groups in total. The molecule has 0 bridgehead atoms. The number of hydrogen-bond donors (Lipinski definition) is 2. The summed E-state index contributed by atoms with van der Waals surface area (Å²) in [7, 11) is 0. The van der Waals surface area contributed by atoms with Crippen LogP contribution in [0.1, 0.15) is 27.4 Å². The van der Waals surface area contributed by atoms with Gasteiger partial charge in [0, 0.05) is 11.3 Å². The Labute approximate surface area is 166 Å². The first-order valence-electron chi connectivity index (χ1n) is 8.05. The van der Waals surface area contributed by atoms with E-state index >= 15 is 0 Å². The van der Waals surface area contributed by atoms with Crippen molar-refractivity contribution >= 4 is 40.5 Å². The summed E-state index contributed by atoms with van der Waals surface area (Å²) in [6.45, 7) is 4.04. The molecule has 1 heterocycles. The number of rotatable bonds is 5. The van der Waals surface area contributed by atoms with E-state index < -0.39 is 0 Å². The van der Waals surface area contributed by atoms with Gasteiger partial charge in [0.15, 0.2) is 0 Å². The predicted molar refractivity (Wildman–Crippen MR) is 106 cm³/mol. The second kappa shape index (κ2) is 7.90. The lowest BCUT2D eigenvalue weighted by atomic mass is 10.2. The van der Waals surface area contributed by atoms with E-state index in [0.29, 0.717) is 23.6 Å². The van der Waals surface area contributed by atoms with Gasteiger partial charge in [0.25, 0.3) is 5.91 Å². The molecule has 0 atom stereocenters. The molecule has 0 unspecified atom stereocenters. The molecule has 8 heteroatoms. The lowest BCUT2D eigenvalue weighted by molar-refractivity contribution is 0.102. The highest BCUT2D eigenvalue weighted by Crippen LogP contribution is 2.31. The van der Waals surface area contributed by atoms with Gasteiger partial charge in [-0.3, -0.25) is 4.79 Å². The number of anilines is 2. The van der Waals surface area contributed by atoms with Crippen molar-refractivity contribution in [1.29, 1.82) is 0 Å². The van der Waals surface area contributed by atoms with Crippen molar-refractivity contribution < 1.29 is 14.1 Å². The molecule has 0 aliphatic carbocycles. The summed E-state index contributed by atoms with van der Waals surface area (Å²) in [6, 6.07) is 9.85. The standard InChI is InChI=1S/C19H17Cl2N3O3/c1-10-15(11(2)27-24-10)9-26-14-5-3-12(4-6-14)19(25)23-13-7-16(20)18(22)17(21)8-13/h3-8H,9,22H2,1-2H3,(H,23,25). The summed E-state index contributed by atoms with van der Waals surface area (Å²) in [4.78, 5) is 12.4. The van der Waals surface area contributed by atoms with Crippen LogP contribution in [-0.4, -0.2) is 11.1 Å². The van der Waals surface area contributed by atoms with Crippen molar-refractivity contribution in [2.24, 2.45) is 0 Å². The summed E-state index contributed by atoms with van der Waals surface area (Å²) in [5.74, 6) is 1.05. The first-order chi connectivity index (χ1) is 12.8. The van der Waals surface area contributed by atoms with Crippen molar-refractivity contribution in [1.82, 2.24) is 5.16 Å². The molecule has 27 heavy (non-hydrogen) atoms. The van der Waals surface area contributed by atoms with E-state index in [-0.39, 0.29) is 21.6 Å². The second-order valence-electron chi connectivity index (χ2n) is 5.92. The normalized spacial score (nSPS) is 10.7. The Morgan fingerprint density at radius 1 is 1.19 bits per heavy atom. The van der Waals surface area contributed by atoms with E-state index in [1.54, 1.807) is 36.4 Å². The van der Waals surface area contributed by atoms with E-state index in [4.69, 9.17) is 38.2 Å². The molecule has 0 aliphatic rings. The Morgan fingerprint density at radius 2 is 1.81 bits per heavy atom. The van der Waals surface area contributed by atoms with Gasteiger partial charge in [-0.25, -0.2) is 0 Å². The van der Waals surface area contributed by atoms with E-state index in [1.807, 2.05) is 13.8 Å². The zero-order valence-corrected chi connectivity index (χ0v) is 16.2. The molecule has 1 aromatic heterocycles. The van der Waals surface area contributed by atoms with E-state index in [9.17, 15) is 4.79 Å². The minimum absolute atomic E-state index is 0.274. The Morgan fingerprint density at radius 3 is 2.37 bits per heavy atom. The molecule has 0 aliphatic heterocycles. The number of nitrogen functional groups attached to an aromatic ring is 1. The third kappa shape index (κ3) is 4.35. The molecule has 2 aromatic carbocycles. The molecule has 3 aromatic rings. The van der Waals surface area contributed by atoms with Crippen LogP contribution in [0, 0.1) is 13.8 Å². The topological polar surface area (TPSA) is 90.4 Å². The van der Waals surface area contributed by atoms with E-state index in [1.165, 1.54) is 0 Å². The first-order valence-corrected chi connectivity index (χ1v) is 8.81. The first kappa shape index (κ1) is 19.1. The van der Waals surface area contributed by atoms with Crippen LogP contribution in [-0.2, 0) is 6.61 Å². The molecule has 0 spiro atoms. The average Bonchev–Trinajstić information content (AvgIpc) is 2.96. The van der Waals surface area contributed by atoms with Crippen molar-refractivity contribution in [2.75, 3.05) is 11.1 Å². The second-order valence-corrected chi connectivity index (χ2v) is 6.74. The summed E-state index contributed by atoms with van der Waals surface area (Å²) in [5, 5.41) is 7.18. The van der Waals surface area contributed by atoms with Gasteiger partial charge >= 0.3 is 0 Å². The third-order valence-electron chi connectivity index (χ3n) is 4.02. The highest BCUT2D eigenvalue weighted by Gasteiger charge is 2.12. The number of benzene rings is 2. The number of halogens is 2. The Kier molecular flexibility index (Phi) is 5.58.